The van der Waals surface area contributed by atoms with E-state index in [9.17, 15) is 14.4 Å². The van der Waals surface area contributed by atoms with Crippen LogP contribution in [0.1, 0.15) is 47.0 Å². The molecule has 6 nitrogen and oxygen atoms in total. The van der Waals surface area contributed by atoms with Crippen LogP contribution < -0.4 is 4.74 Å². The number of piperidine rings is 1. The summed E-state index contributed by atoms with van der Waals surface area (Å²) < 4.78 is 5.57. The van der Waals surface area contributed by atoms with Crippen molar-refractivity contribution in [3.05, 3.63) is 59.9 Å². The first-order valence-electron chi connectivity index (χ1n) is 9.57. The van der Waals surface area contributed by atoms with E-state index in [0.717, 1.165) is 12.8 Å². The molecule has 0 bridgehead atoms. The van der Waals surface area contributed by atoms with Gasteiger partial charge in [0.15, 0.2) is 18.2 Å². The number of carbonyl (C=O) groups excluding carboxylic acids is 3. The van der Waals surface area contributed by atoms with E-state index >= 15 is 0 Å². The molecule has 2 heterocycles. The van der Waals surface area contributed by atoms with E-state index in [1.807, 2.05) is 6.92 Å². The molecule has 2 aromatic rings. The van der Waals surface area contributed by atoms with Crippen LogP contribution in [0, 0.1) is 5.92 Å². The number of ketones is 2. The van der Waals surface area contributed by atoms with Crippen molar-refractivity contribution in [1.29, 1.82) is 0 Å². The Hall–Kier alpha value is -3.02. The monoisotopic (exact) mass is 380 g/mol. The van der Waals surface area contributed by atoms with Gasteiger partial charge in [0.2, 0.25) is 0 Å². The maximum Gasteiger partial charge on any atom is 0.260 e. The van der Waals surface area contributed by atoms with Gasteiger partial charge in [0.05, 0.1) is 0 Å². The lowest BCUT2D eigenvalue weighted by molar-refractivity contribution is -0.134. The Morgan fingerprint density at radius 3 is 2.61 bits per heavy atom. The Morgan fingerprint density at radius 2 is 1.93 bits per heavy atom. The highest BCUT2D eigenvalue weighted by molar-refractivity contribution is 5.97. The zero-order valence-electron chi connectivity index (χ0n) is 16.0. The summed E-state index contributed by atoms with van der Waals surface area (Å²) in [5.41, 5.74) is 1.08. The molecule has 1 aliphatic rings. The fourth-order valence-electron chi connectivity index (χ4n) is 3.31. The molecular formula is C22H24N2O4. The molecule has 3 rings (SSSR count). The molecule has 0 aliphatic carbocycles. The number of carbonyl (C=O) groups is 3. The normalized spacial score (nSPS) is 16.5. The highest BCUT2D eigenvalue weighted by atomic mass is 16.5. The van der Waals surface area contributed by atoms with Gasteiger partial charge in [-0.3, -0.25) is 19.4 Å². The summed E-state index contributed by atoms with van der Waals surface area (Å²) in [4.78, 5) is 42.6. The SMILES string of the molecule is CCC(=O)c1ccc(OCC(=O)N2CCCC(C(=O)c3ccccn3)C2)cc1. The number of pyridine rings is 1. The van der Waals surface area contributed by atoms with Gasteiger partial charge in [-0.15, -0.1) is 0 Å². The molecule has 0 spiro atoms. The topological polar surface area (TPSA) is 76.6 Å². The van der Waals surface area contributed by atoms with Gasteiger partial charge in [-0.1, -0.05) is 13.0 Å². The van der Waals surface area contributed by atoms with Crippen molar-refractivity contribution in [1.82, 2.24) is 9.88 Å². The highest BCUT2D eigenvalue weighted by Crippen LogP contribution is 2.21. The predicted octanol–water partition coefficient (Wildman–Crippen LogP) is 3.17. The third kappa shape index (κ3) is 4.82. The first-order valence-corrected chi connectivity index (χ1v) is 9.57. The van der Waals surface area contributed by atoms with Crippen LogP contribution in [0.3, 0.4) is 0 Å². The van der Waals surface area contributed by atoms with Crippen LogP contribution in [0.15, 0.2) is 48.7 Å². The minimum Gasteiger partial charge on any atom is -0.484 e. The first-order chi connectivity index (χ1) is 13.6. The van der Waals surface area contributed by atoms with E-state index in [1.165, 1.54) is 0 Å². The second-order valence-corrected chi connectivity index (χ2v) is 6.85. The van der Waals surface area contributed by atoms with Gasteiger partial charge in [0.25, 0.3) is 5.91 Å². The van der Waals surface area contributed by atoms with E-state index in [-0.39, 0.29) is 30.0 Å². The van der Waals surface area contributed by atoms with Gasteiger partial charge in [-0.25, -0.2) is 0 Å². The van der Waals surface area contributed by atoms with E-state index in [0.29, 0.717) is 36.5 Å². The van der Waals surface area contributed by atoms with E-state index in [1.54, 1.807) is 53.6 Å². The molecule has 0 saturated carbocycles. The molecule has 146 valence electrons. The van der Waals surface area contributed by atoms with Crippen molar-refractivity contribution in [2.75, 3.05) is 19.7 Å². The van der Waals surface area contributed by atoms with Crippen molar-refractivity contribution >= 4 is 17.5 Å². The van der Waals surface area contributed by atoms with E-state index in [4.69, 9.17) is 4.74 Å². The molecule has 1 amide bonds. The van der Waals surface area contributed by atoms with Crippen LogP contribution in [-0.4, -0.2) is 47.1 Å². The second kappa shape index (κ2) is 9.26. The number of rotatable bonds is 7. The van der Waals surface area contributed by atoms with E-state index in [2.05, 4.69) is 4.98 Å². The fourth-order valence-corrected chi connectivity index (χ4v) is 3.31. The Bertz CT molecular complexity index is 833. The Kier molecular flexibility index (Phi) is 6.53. The quantitative estimate of drug-likeness (QED) is 0.690. The molecule has 0 radical (unpaired) electrons. The minimum atomic E-state index is -0.230. The second-order valence-electron chi connectivity index (χ2n) is 6.85. The summed E-state index contributed by atoms with van der Waals surface area (Å²) in [5, 5.41) is 0. The van der Waals surface area contributed by atoms with Crippen molar-refractivity contribution in [3.63, 3.8) is 0 Å². The lowest BCUT2D eigenvalue weighted by Gasteiger charge is -2.31. The third-order valence-corrected chi connectivity index (χ3v) is 4.92. The number of Topliss-reactive ketones (excluding diaryl/α,β-unsaturated/α-hetero) is 2. The molecular weight excluding hydrogens is 356 g/mol. The smallest absolute Gasteiger partial charge is 0.260 e. The van der Waals surface area contributed by atoms with Crippen molar-refractivity contribution < 1.29 is 19.1 Å². The Labute approximate surface area is 164 Å². The summed E-state index contributed by atoms with van der Waals surface area (Å²) in [6, 6.07) is 12.1. The van der Waals surface area contributed by atoms with Gasteiger partial charge in [0.1, 0.15) is 11.4 Å². The number of benzene rings is 1. The summed E-state index contributed by atoms with van der Waals surface area (Å²) in [7, 11) is 0. The standard InChI is InChI=1S/C22H24N2O4/c1-2-20(25)16-8-10-18(11-9-16)28-15-21(26)24-13-5-6-17(14-24)22(27)19-7-3-4-12-23-19/h3-4,7-12,17H,2,5-6,13-15H2,1H3. The first kappa shape index (κ1) is 19.7. The van der Waals surface area contributed by atoms with Crippen molar-refractivity contribution in [2.24, 2.45) is 5.92 Å². The average Bonchev–Trinajstić information content (AvgIpc) is 2.77. The van der Waals surface area contributed by atoms with Crippen LogP contribution in [0.2, 0.25) is 0 Å². The van der Waals surface area contributed by atoms with Gasteiger partial charge in [-0.2, -0.15) is 0 Å². The van der Waals surface area contributed by atoms with Crippen molar-refractivity contribution in [2.45, 2.75) is 26.2 Å². The van der Waals surface area contributed by atoms with Crippen LogP contribution in [0.4, 0.5) is 0 Å². The lowest BCUT2D eigenvalue weighted by atomic mass is 9.92. The van der Waals surface area contributed by atoms with Gasteiger partial charge < -0.3 is 9.64 Å². The maximum atomic E-state index is 12.6. The molecule has 1 fully saturated rings. The predicted molar refractivity (Wildman–Crippen MR) is 104 cm³/mol. The van der Waals surface area contributed by atoms with Crippen LogP contribution in [-0.2, 0) is 4.79 Å². The maximum absolute atomic E-state index is 12.6. The molecule has 1 aliphatic heterocycles. The van der Waals surface area contributed by atoms with E-state index < -0.39 is 0 Å². The number of aromatic nitrogens is 1. The molecule has 1 aromatic carbocycles. The Balaban J connectivity index is 1.54. The third-order valence-electron chi connectivity index (χ3n) is 4.92. The highest BCUT2D eigenvalue weighted by Gasteiger charge is 2.29. The minimum absolute atomic E-state index is 0.0183. The number of ether oxygens (including phenoxy) is 1. The number of nitrogens with zero attached hydrogens (tertiary/aromatic N) is 2. The molecule has 1 saturated heterocycles. The van der Waals surface area contributed by atoms with Crippen LogP contribution in [0.25, 0.3) is 0 Å². The number of likely N-dealkylation sites (tertiary alicyclic amines) is 1. The van der Waals surface area contributed by atoms with Gasteiger partial charge >= 0.3 is 0 Å². The van der Waals surface area contributed by atoms with Crippen LogP contribution >= 0.6 is 0 Å². The molecule has 28 heavy (non-hydrogen) atoms. The number of amides is 1. The lowest BCUT2D eigenvalue weighted by Crippen LogP contribution is -2.44. The molecule has 1 aromatic heterocycles. The zero-order valence-corrected chi connectivity index (χ0v) is 16.0. The summed E-state index contributed by atoms with van der Waals surface area (Å²) in [5.74, 6) is 0.216. The Morgan fingerprint density at radius 1 is 1.14 bits per heavy atom. The summed E-state index contributed by atoms with van der Waals surface area (Å²) >= 11 is 0. The van der Waals surface area contributed by atoms with Crippen LogP contribution in [0.5, 0.6) is 5.75 Å². The fraction of sp³-hybridized carbons (Fsp3) is 0.364. The molecule has 1 atom stereocenters. The largest absolute Gasteiger partial charge is 0.484 e. The molecule has 6 heteroatoms. The van der Waals surface area contributed by atoms with Crippen molar-refractivity contribution in [3.8, 4) is 5.75 Å². The summed E-state index contributed by atoms with van der Waals surface area (Å²) in [6.45, 7) is 2.74. The molecule has 0 N–H and O–H groups in total. The molecule has 1 unspecified atom stereocenters. The number of hydrogen-bond acceptors (Lipinski definition) is 5. The van der Waals surface area contributed by atoms with Gasteiger partial charge in [-0.05, 0) is 49.2 Å². The zero-order chi connectivity index (χ0) is 19.9. The average molecular weight is 380 g/mol. The summed E-state index contributed by atoms with van der Waals surface area (Å²) in [6.07, 6.45) is 3.59. The number of hydrogen-bond donors (Lipinski definition) is 0. The van der Waals surface area contributed by atoms with Gasteiger partial charge in [0, 0.05) is 37.2 Å².